The molecule has 0 bridgehead atoms. The molecule has 0 spiro atoms. The molecule has 0 saturated carbocycles. The highest BCUT2D eigenvalue weighted by atomic mass is 31.1. The summed E-state index contributed by atoms with van der Waals surface area (Å²) in [5.74, 6) is -0.638. The summed E-state index contributed by atoms with van der Waals surface area (Å²) in [7, 11) is -1.41. The first-order valence-corrected chi connectivity index (χ1v) is 20.2. The molecule has 2 atom stereocenters. The zero-order valence-corrected chi connectivity index (χ0v) is 33.2. The van der Waals surface area contributed by atoms with Crippen LogP contribution in [-0.2, 0) is 9.47 Å². The number of benzene rings is 4. The van der Waals surface area contributed by atoms with E-state index in [0.717, 1.165) is 12.3 Å². The van der Waals surface area contributed by atoms with Crippen molar-refractivity contribution in [1.82, 2.24) is 0 Å². The van der Waals surface area contributed by atoms with E-state index in [0.29, 0.717) is 0 Å². The molecule has 1 aliphatic rings. The summed E-state index contributed by atoms with van der Waals surface area (Å²) in [4.78, 5) is 0. The predicted octanol–water partition coefficient (Wildman–Crippen LogP) is 9.47. The molecule has 0 aromatic heterocycles. The second-order valence-electron chi connectivity index (χ2n) is 14.9. The van der Waals surface area contributed by atoms with Crippen LogP contribution in [0.1, 0.15) is 80.6 Å². The van der Waals surface area contributed by atoms with Crippen molar-refractivity contribution in [3.8, 4) is 0 Å². The van der Waals surface area contributed by atoms with Gasteiger partial charge in [0.05, 0.1) is 12.2 Å². The number of hydrogen-bond acceptors (Lipinski definition) is 2. The highest BCUT2D eigenvalue weighted by molar-refractivity contribution is 7.74. The van der Waals surface area contributed by atoms with Gasteiger partial charge in [-0.25, -0.2) is 0 Å². The third-order valence-electron chi connectivity index (χ3n) is 9.63. The Labute approximate surface area is 288 Å². The van der Waals surface area contributed by atoms with Crippen LogP contribution in [0.25, 0.3) is 0 Å². The average molecular weight is 667 g/mol. The van der Waals surface area contributed by atoms with Gasteiger partial charge in [-0.05, 0) is 179 Å². The summed E-state index contributed by atoms with van der Waals surface area (Å²) in [6.45, 7) is 31.5. The van der Waals surface area contributed by atoms with Gasteiger partial charge < -0.3 is 9.47 Å². The molecule has 1 aliphatic heterocycles. The van der Waals surface area contributed by atoms with E-state index in [9.17, 15) is 0 Å². The zero-order chi connectivity index (χ0) is 34.5. The van der Waals surface area contributed by atoms with Crippen molar-refractivity contribution in [1.29, 1.82) is 0 Å². The summed E-state index contributed by atoms with van der Waals surface area (Å²) < 4.78 is 14.0. The Bertz CT molecular complexity index is 1480. The third-order valence-corrected chi connectivity index (χ3v) is 16.1. The van der Waals surface area contributed by atoms with Gasteiger partial charge in [0.2, 0.25) is 0 Å². The first-order chi connectivity index (χ1) is 22.0. The van der Waals surface area contributed by atoms with E-state index in [-0.39, 0.29) is 12.2 Å². The van der Waals surface area contributed by atoms with E-state index in [2.05, 4.69) is 145 Å². The number of ether oxygens (including phenoxy) is 2. The van der Waals surface area contributed by atoms with Crippen molar-refractivity contribution in [2.24, 2.45) is 0 Å². The number of rotatable bonds is 8. The SMILES string of the molecule is Cc1cc(C)c(P(CC2OC(C)(C)OC2CP(c2c(C)cc(C)cc2C)c2c(C)cc(C)cc2C)c2c(C)cc(C)cc2C)c(C)c1. The van der Waals surface area contributed by atoms with E-state index >= 15 is 0 Å². The van der Waals surface area contributed by atoms with Crippen LogP contribution >= 0.6 is 15.8 Å². The normalized spacial score (nSPS) is 17.7. The highest BCUT2D eigenvalue weighted by Gasteiger charge is 2.44. The minimum atomic E-state index is -0.703. The van der Waals surface area contributed by atoms with Crippen LogP contribution in [0.4, 0.5) is 0 Å². The summed E-state index contributed by atoms with van der Waals surface area (Å²) in [6, 6.07) is 19.0. The van der Waals surface area contributed by atoms with Crippen molar-refractivity contribution in [2.75, 3.05) is 12.3 Å². The largest absolute Gasteiger partial charge is 0.344 e. The molecule has 2 unspecified atom stereocenters. The van der Waals surface area contributed by atoms with Gasteiger partial charge in [-0.3, -0.25) is 0 Å². The van der Waals surface area contributed by atoms with Gasteiger partial charge in [0, 0.05) is 12.3 Å². The number of aryl methyl sites for hydroxylation is 12. The van der Waals surface area contributed by atoms with Gasteiger partial charge in [-0.15, -0.1) is 0 Å². The Morgan fingerprint density at radius 3 is 0.787 bits per heavy atom. The highest BCUT2D eigenvalue weighted by Crippen LogP contribution is 2.47. The van der Waals surface area contributed by atoms with Crippen molar-refractivity contribution in [3.05, 3.63) is 115 Å². The van der Waals surface area contributed by atoms with E-state index in [1.165, 1.54) is 88.0 Å². The molecular formula is C43H56O2P2. The molecule has 1 saturated heterocycles. The smallest absolute Gasteiger partial charge is 0.163 e. The number of hydrogen-bond donors (Lipinski definition) is 0. The lowest BCUT2D eigenvalue weighted by molar-refractivity contribution is -0.142. The molecule has 4 heteroatoms. The van der Waals surface area contributed by atoms with E-state index < -0.39 is 21.6 Å². The predicted molar refractivity (Wildman–Crippen MR) is 209 cm³/mol. The van der Waals surface area contributed by atoms with E-state index in [4.69, 9.17) is 9.47 Å². The Morgan fingerprint density at radius 2 is 0.596 bits per heavy atom. The summed E-state index contributed by atoms with van der Waals surface area (Å²) in [6.07, 6.45) is 1.86. The molecule has 4 aromatic rings. The summed E-state index contributed by atoms with van der Waals surface area (Å²) in [5.41, 5.74) is 16.4. The Hall–Kier alpha value is -2.34. The fourth-order valence-corrected chi connectivity index (χ4v) is 15.0. The molecule has 1 heterocycles. The standard InChI is InChI=1S/C43H56O2P2/c1-25-15-29(5)39(30(6)16-25)46(40-31(7)17-26(2)18-32(40)8)23-37-38(45-43(13,14)44-37)24-47(41-33(9)19-27(3)20-34(41)10)42-35(11)21-28(4)22-36(42)12/h15-22,37-38H,23-24H2,1-14H3. The fourth-order valence-electron chi connectivity index (χ4n) is 8.56. The molecule has 5 rings (SSSR count). The quantitative estimate of drug-likeness (QED) is 0.175. The van der Waals surface area contributed by atoms with Crippen LogP contribution in [-0.4, -0.2) is 30.3 Å². The van der Waals surface area contributed by atoms with Gasteiger partial charge in [-0.2, -0.15) is 0 Å². The van der Waals surface area contributed by atoms with E-state index in [1.54, 1.807) is 0 Å². The fraction of sp³-hybridized carbons (Fsp3) is 0.442. The minimum Gasteiger partial charge on any atom is -0.344 e. The molecule has 0 N–H and O–H groups in total. The molecule has 4 aromatic carbocycles. The maximum absolute atomic E-state index is 6.98. The molecule has 2 nitrogen and oxygen atoms in total. The average Bonchev–Trinajstić information content (AvgIpc) is 3.18. The molecule has 1 fully saturated rings. The molecule has 0 aliphatic carbocycles. The van der Waals surface area contributed by atoms with Gasteiger partial charge in [-0.1, -0.05) is 70.8 Å². The monoisotopic (exact) mass is 666 g/mol. The first-order valence-electron chi connectivity index (χ1n) is 17.2. The minimum absolute atomic E-state index is 0.0153. The molecule has 0 radical (unpaired) electrons. The van der Waals surface area contributed by atoms with E-state index in [1.807, 2.05) is 0 Å². The lowest BCUT2D eigenvalue weighted by atomic mass is 10.1. The molecular weight excluding hydrogens is 610 g/mol. The van der Waals surface area contributed by atoms with Crippen molar-refractivity contribution in [2.45, 2.75) is 115 Å². The lowest BCUT2D eigenvalue weighted by Crippen LogP contribution is -2.36. The van der Waals surface area contributed by atoms with Crippen molar-refractivity contribution in [3.63, 3.8) is 0 Å². The maximum Gasteiger partial charge on any atom is 0.163 e. The maximum atomic E-state index is 6.98. The van der Waals surface area contributed by atoms with Gasteiger partial charge >= 0.3 is 0 Å². The van der Waals surface area contributed by atoms with Crippen LogP contribution in [0.15, 0.2) is 48.5 Å². The van der Waals surface area contributed by atoms with Gasteiger partial charge in [0.1, 0.15) is 0 Å². The van der Waals surface area contributed by atoms with Gasteiger partial charge in [0.15, 0.2) is 5.79 Å². The summed E-state index contributed by atoms with van der Waals surface area (Å²) >= 11 is 0. The van der Waals surface area contributed by atoms with Crippen LogP contribution in [0.5, 0.6) is 0 Å². The van der Waals surface area contributed by atoms with Gasteiger partial charge in [0.25, 0.3) is 0 Å². The van der Waals surface area contributed by atoms with Crippen molar-refractivity contribution >= 4 is 37.1 Å². The summed E-state index contributed by atoms with van der Waals surface area (Å²) in [5, 5.41) is 6.02. The molecule has 250 valence electrons. The topological polar surface area (TPSA) is 18.5 Å². The Morgan fingerprint density at radius 1 is 0.404 bits per heavy atom. The third kappa shape index (κ3) is 7.63. The van der Waals surface area contributed by atoms with Crippen LogP contribution in [0, 0.1) is 83.1 Å². The second kappa shape index (κ2) is 13.9. The van der Waals surface area contributed by atoms with Crippen LogP contribution in [0.3, 0.4) is 0 Å². The van der Waals surface area contributed by atoms with Crippen molar-refractivity contribution < 1.29 is 9.47 Å². The van der Waals surface area contributed by atoms with Crippen LogP contribution in [0.2, 0.25) is 0 Å². The molecule has 0 amide bonds. The van der Waals surface area contributed by atoms with Crippen LogP contribution < -0.4 is 21.2 Å². The first kappa shape index (κ1) is 36.0. The molecule has 47 heavy (non-hydrogen) atoms. The Kier molecular flexibility index (Phi) is 10.6. The lowest BCUT2D eigenvalue weighted by Gasteiger charge is -2.32. The zero-order valence-electron chi connectivity index (χ0n) is 31.4. The Balaban J connectivity index is 1.65. The second-order valence-corrected chi connectivity index (χ2v) is 19.2.